The van der Waals surface area contributed by atoms with Crippen LogP contribution < -0.4 is 10.6 Å². The van der Waals surface area contributed by atoms with E-state index in [2.05, 4.69) is 59.2 Å². The largest absolute Gasteiger partial charge is 0.347 e. The van der Waals surface area contributed by atoms with Crippen LogP contribution in [-0.4, -0.2) is 5.96 Å². The minimum atomic E-state index is 0.141. The molecule has 0 spiro atoms. The number of nitrogens with one attached hydrogen (secondary N) is 2. The van der Waals surface area contributed by atoms with E-state index in [1.807, 2.05) is 36.4 Å². The molecule has 1 heterocycles. The monoisotopic (exact) mass is 361 g/mol. The molecule has 2 atom stereocenters. The molecular formula is C22H20ClN3. The summed E-state index contributed by atoms with van der Waals surface area (Å²) in [5, 5.41) is 7.84. The second-order valence-electron chi connectivity index (χ2n) is 6.36. The molecule has 4 rings (SSSR count). The number of rotatable bonds is 4. The summed E-state index contributed by atoms with van der Waals surface area (Å²) >= 11 is 5.95. The van der Waals surface area contributed by atoms with E-state index in [1.165, 1.54) is 11.1 Å². The van der Waals surface area contributed by atoms with E-state index in [9.17, 15) is 0 Å². The minimum absolute atomic E-state index is 0.141. The molecule has 0 aromatic heterocycles. The Balaban J connectivity index is 1.58. The lowest BCUT2D eigenvalue weighted by Crippen LogP contribution is -2.25. The van der Waals surface area contributed by atoms with Crippen LogP contribution in [0.25, 0.3) is 0 Å². The van der Waals surface area contributed by atoms with Crippen LogP contribution in [-0.2, 0) is 6.54 Å². The first-order valence-corrected chi connectivity index (χ1v) is 9.09. The maximum Gasteiger partial charge on any atom is 0.192 e. The van der Waals surface area contributed by atoms with Crippen molar-refractivity contribution in [3.63, 3.8) is 0 Å². The lowest BCUT2D eigenvalue weighted by Gasteiger charge is -2.19. The lowest BCUT2D eigenvalue weighted by atomic mass is 9.95. The number of guanidine groups is 1. The molecule has 3 aromatic rings. The van der Waals surface area contributed by atoms with Gasteiger partial charge < -0.3 is 10.6 Å². The van der Waals surface area contributed by atoms with Crippen molar-refractivity contribution in [3.05, 3.63) is 107 Å². The third-order valence-corrected chi connectivity index (χ3v) is 4.82. The van der Waals surface area contributed by atoms with Crippen LogP contribution in [0.5, 0.6) is 0 Å². The van der Waals surface area contributed by atoms with Gasteiger partial charge in [-0.1, -0.05) is 84.4 Å². The Morgan fingerprint density at radius 1 is 0.692 bits per heavy atom. The van der Waals surface area contributed by atoms with E-state index in [0.29, 0.717) is 6.54 Å². The van der Waals surface area contributed by atoms with Crippen LogP contribution in [0.1, 0.15) is 28.8 Å². The first kappa shape index (κ1) is 16.7. The Morgan fingerprint density at radius 2 is 1.19 bits per heavy atom. The van der Waals surface area contributed by atoms with Gasteiger partial charge in [0.05, 0.1) is 18.6 Å². The van der Waals surface area contributed by atoms with Crippen molar-refractivity contribution >= 4 is 17.6 Å². The average molecular weight is 362 g/mol. The third kappa shape index (κ3) is 3.73. The third-order valence-electron chi connectivity index (χ3n) is 4.57. The number of hydrogen-bond acceptors (Lipinski definition) is 1. The molecule has 1 aliphatic rings. The van der Waals surface area contributed by atoms with E-state index < -0.39 is 0 Å². The highest BCUT2D eigenvalue weighted by Gasteiger charge is 2.32. The van der Waals surface area contributed by atoms with Crippen molar-refractivity contribution in [2.45, 2.75) is 18.6 Å². The van der Waals surface area contributed by atoms with Gasteiger partial charge in [-0.15, -0.1) is 0 Å². The molecule has 3 aromatic carbocycles. The van der Waals surface area contributed by atoms with Crippen LogP contribution >= 0.6 is 11.6 Å². The first-order valence-electron chi connectivity index (χ1n) is 8.71. The maximum absolute atomic E-state index is 5.95. The van der Waals surface area contributed by atoms with Gasteiger partial charge in [0.25, 0.3) is 0 Å². The van der Waals surface area contributed by atoms with Gasteiger partial charge in [-0.2, -0.15) is 0 Å². The molecule has 0 saturated carbocycles. The molecule has 1 fully saturated rings. The van der Waals surface area contributed by atoms with E-state index in [4.69, 9.17) is 16.6 Å². The average Bonchev–Trinajstić information content (AvgIpc) is 3.13. The fraction of sp³-hybridized carbons (Fsp3) is 0.136. The summed E-state index contributed by atoms with van der Waals surface area (Å²) in [5.74, 6) is 0.822. The number of aliphatic imine (C=N–C) groups is 1. The number of benzene rings is 3. The molecule has 0 amide bonds. The van der Waals surface area contributed by atoms with Gasteiger partial charge >= 0.3 is 0 Å². The van der Waals surface area contributed by atoms with Crippen molar-refractivity contribution in [2.75, 3.05) is 0 Å². The minimum Gasteiger partial charge on any atom is -0.347 e. The summed E-state index contributed by atoms with van der Waals surface area (Å²) in [5.41, 5.74) is 3.61. The van der Waals surface area contributed by atoms with Crippen LogP contribution in [0.3, 0.4) is 0 Å². The zero-order valence-corrected chi connectivity index (χ0v) is 15.0. The highest BCUT2D eigenvalue weighted by atomic mass is 35.5. The maximum atomic E-state index is 5.95. The highest BCUT2D eigenvalue weighted by Crippen LogP contribution is 2.32. The van der Waals surface area contributed by atoms with Crippen molar-refractivity contribution in [1.82, 2.24) is 10.6 Å². The SMILES string of the molecule is Clc1ccc(CN=C2N[C@H](c3ccccc3)[C@H](c3ccccc3)N2)cc1. The molecule has 1 aliphatic heterocycles. The van der Waals surface area contributed by atoms with E-state index in [-0.39, 0.29) is 12.1 Å². The van der Waals surface area contributed by atoms with Gasteiger partial charge in [0.1, 0.15) is 0 Å². The zero-order chi connectivity index (χ0) is 17.8. The van der Waals surface area contributed by atoms with E-state index in [1.54, 1.807) is 0 Å². The molecule has 0 unspecified atom stereocenters. The normalized spacial score (nSPS) is 20.6. The molecule has 4 heteroatoms. The summed E-state index contributed by atoms with van der Waals surface area (Å²) in [6.45, 7) is 0.607. The topological polar surface area (TPSA) is 36.4 Å². The molecule has 0 bridgehead atoms. The second kappa shape index (κ2) is 7.63. The molecule has 0 aliphatic carbocycles. The highest BCUT2D eigenvalue weighted by molar-refractivity contribution is 6.30. The quantitative estimate of drug-likeness (QED) is 0.695. The van der Waals surface area contributed by atoms with E-state index >= 15 is 0 Å². The van der Waals surface area contributed by atoms with Crippen LogP contribution in [0.15, 0.2) is 89.9 Å². The number of halogens is 1. The van der Waals surface area contributed by atoms with Crippen molar-refractivity contribution in [1.29, 1.82) is 0 Å². The van der Waals surface area contributed by atoms with Gasteiger partial charge in [0, 0.05) is 5.02 Å². The Bertz CT molecular complexity index is 827. The van der Waals surface area contributed by atoms with Crippen LogP contribution in [0.2, 0.25) is 5.02 Å². The summed E-state index contributed by atoms with van der Waals surface area (Å²) in [7, 11) is 0. The Morgan fingerprint density at radius 3 is 1.69 bits per heavy atom. The summed E-state index contributed by atoms with van der Waals surface area (Å²) in [4.78, 5) is 4.73. The number of hydrogen-bond donors (Lipinski definition) is 2. The molecule has 0 radical (unpaired) electrons. The van der Waals surface area contributed by atoms with Gasteiger partial charge in [-0.25, -0.2) is 4.99 Å². The standard InChI is InChI=1S/C22H20ClN3/c23-19-13-11-16(12-14-19)15-24-22-25-20(17-7-3-1-4-8-17)21(26-22)18-9-5-2-6-10-18/h1-14,20-21H,15H2,(H2,24,25,26)/t20-,21+. The van der Waals surface area contributed by atoms with Crippen LogP contribution in [0, 0.1) is 0 Å². The smallest absolute Gasteiger partial charge is 0.192 e. The predicted molar refractivity (Wildman–Crippen MR) is 107 cm³/mol. The van der Waals surface area contributed by atoms with Gasteiger partial charge in [-0.05, 0) is 28.8 Å². The van der Waals surface area contributed by atoms with Crippen molar-refractivity contribution < 1.29 is 0 Å². The Hall–Kier alpha value is -2.78. The molecular weight excluding hydrogens is 342 g/mol. The number of nitrogens with zero attached hydrogens (tertiary/aromatic N) is 1. The Kier molecular flexibility index (Phi) is 4.89. The van der Waals surface area contributed by atoms with Crippen molar-refractivity contribution in [2.24, 2.45) is 4.99 Å². The molecule has 2 N–H and O–H groups in total. The van der Waals surface area contributed by atoms with Crippen molar-refractivity contribution in [3.8, 4) is 0 Å². The van der Waals surface area contributed by atoms with E-state index in [0.717, 1.165) is 16.5 Å². The zero-order valence-electron chi connectivity index (χ0n) is 14.3. The molecule has 130 valence electrons. The summed E-state index contributed by atoms with van der Waals surface area (Å²) in [6.07, 6.45) is 0. The summed E-state index contributed by atoms with van der Waals surface area (Å²) in [6, 6.07) is 29.0. The molecule has 3 nitrogen and oxygen atoms in total. The van der Waals surface area contributed by atoms with Gasteiger partial charge in [-0.3, -0.25) is 0 Å². The van der Waals surface area contributed by atoms with Crippen LogP contribution in [0.4, 0.5) is 0 Å². The fourth-order valence-corrected chi connectivity index (χ4v) is 3.35. The fourth-order valence-electron chi connectivity index (χ4n) is 3.23. The molecule has 26 heavy (non-hydrogen) atoms. The molecule has 1 saturated heterocycles. The lowest BCUT2D eigenvalue weighted by molar-refractivity contribution is 0.554. The van der Waals surface area contributed by atoms with Gasteiger partial charge in [0.2, 0.25) is 0 Å². The summed E-state index contributed by atoms with van der Waals surface area (Å²) < 4.78 is 0. The Labute approximate surface area is 158 Å². The second-order valence-corrected chi connectivity index (χ2v) is 6.79. The first-order chi connectivity index (χ1) is 12.8. The predicted octanol–water partition coefficient (Wildman–Crippen LogP) is 4.87. The van der Waals surface area contributed by atoms with Gasteiger partial charge in [0.15, 0.2) is 5.96 Å².